The summed E-state index contributed by atoms with van der Waals surface area (Å²) >= 11 is 0. The third-order valence-electron chi connectivity index (χ3n) is 4.27. The van der Waals surface area contributed by atoms with Gasteiger partial charge in [-0.15, -0.1) is 0 Å². The molecule has 0 aliphatic rings. The Hall–Kier alpha value is -2.75. The van der Waals surface area contributed by atoms with Crippen molar-refractivity contribution in [3.63, 3.8) is 0 Å². The van der Waals surface area contributed by atoms with E-state index in [4.69, 9.17) is 5.73 Å². The molecule has 0 radical (unpaired) electrons. The van der Waals surface area contributed by atoms with E-state index in [1.165, 1.54) is 5.56 Å². The Bertz CT molecular complexity index is 851. The maximum absolute atomic E-state index is 11.4. The zero-order valence-electron chi connectivity index (χ0n) is 13.1. The van der Waals surface area contributed by atoms with Gasteiger partial charge in [0.05, 0.1) is 11.9 Å². The Morgan fingerprint density at radius 2 is 1.87 bits per heavy atom. The molecule has 0 saturated heterocycles. The summed E-state index contributed by atoms with van der Waals surface area (Å²) in [6.07, 6.45) is 1.02. The first-order valence-corrected chi connectivity index (χ1v) is 7.70. The number of aromatic nitrogens is 1. The molecule has 4 nitrogen and oxygen atoms in total. The Morgan fingerprint density at radius 3 is 2.57 bits per heavy atom. The minimum absolute atomic E-state index is 0.137. The van der Waals surface area contributed by atoms with Crippen LogP contribution < -0.4 is 5.73 Å². The second-order valence-electron chi connectivity index (χ2n) is 5.77. The maximum atomic E-state index is 11.4. The van der Waals surface area contributed by atoms with Crippen LogP contribution in [-0.4, -0.2) is 15.6 Å². The molecule has 1 aromatic heterocycles. The van der Waals surface area contributed by atoms with Gasteiger partial charge in [-0.3, -0.25) is 4.79 Å². The van der Waals surface area contributed by atoms with Gasteiger partial charge in [0, 0.05) is 17.6 Å². The first kappa shape index (κ1) is 15.2. The zero-order chi connectivity index (χ0) is 16.4. The van der Waals surface area contributed by atoms with Crippen LogP contribution in [0.4, 0.5) is 0 Å². The summed E-state index contributed by atoms with van der Waals surface area (Å²) in [6, 6.07) is 15.7. The van der Waals surface area contributed by atoms with Crippen molar-refractivity contribution in [2.24, 2.45) is 5.73 Å². The van der Waals surface area contributed by atoms with Crippen LogP contribution in [0, 0.1) is 6.92 Å². The number of phenolic OH excluding ortho intramolecular Hbond substituents is 1. The number of benzene rings is 2. The lowest BCUT2D eigenvalue weighted by Crippen LogP contribution is -2.14. The van der Waals surface area contributed by atoms with Crippen LogP contribution in [0.2, 0.25) is 0 Å². The van der Waals surface area contributed by atoms with Gasteiger partial charge < -0.3 is 15.4 Å². The predicted octanol–water partition coefficient (Wildman–Crippen LogP) is 2.93. The van der Waals surface area contributed by atoms with Crippen LogP contribution in [0.15, 0.2) is 48.5 Å². The van der Waals surface area contributed by atoms with Crippen molar-refractivity contribution >= 4 is 16.8 Å². The second kappa shape index (κ2) is 6.16. The smallest absolute Gasteiger partial charge is 0.221 e. The summed E-state index contributed by atoms with van der Waals surface area (Å²) in [7, 11) is 0. The quantitative estimate of drug-likeness (QED) is 0.761. The minimum atomic E-state index is -0.390. The molecular weight excluding hydrogens is 288 g/mol. The molecular formula is C19H20N2O2. The van der Waals surface area contributed by atoms with E-state index >= 15 is 0 Å². The lowest BCUT2D eigenvalue weighted by atomic mass is 10.1. The standard InChI is InChI=1S/C19H20N2O2/c1-13-15(12-18(20)23)19-16(8-5-9-17(19)22)21(13)11-10-14-6-3-2-4-7-14/h2-9,22H,10-12H2,1H3,(H2,20,23). The van der Waals surface area contributed by atoms with Gasteiger partial charge in [-0.05, 0) is 36.6 Å². The van der Waals surface area contributed by atoms with Gasteiger partial charge in [-0.25, -0.2) is 0 Å². The molecule has 0 unspecified atom stereocenters. The van der Waals surface area contributed by atoms with Gasteiger partial charge in [0.25, 0.3) is 0 Å². The van der Waals surface area contributed by atoms with Crippen LogP contribution in [-0.2, 0) is 24.2 Å². The maximum Gasteiger partial charge on any atom is 0.221 e. The highest BCUT2D eigenvalue weighted by Gasteiger charge is 2.18. The number of rotatable bonds is 5. The zero-order valence-corrected chi connectivity index (χ0v) is 13.1. The highest BCUT2D eigenvalue weighted by Crippen LogP contribution is 2.33. The average molecular weight is 308 g/mol. The SMILES string of the molecule is Cc1c(CC(N)=O)c2c(O)cccc2n1CCc1ccccc1. The predicted molar refractivity (Wildman–Crippen MR) is 91.4 cm³/mol. The van der Waals surface area contributed by atoms with Gasteiger partial charge >= 0.3 is 0 Å². The molecule has 3 aromatic rings. The Balaban J connectivity index is 2.04. The molecule has 3 N–H and O–H groups in total. The lowest BCUT2D eigenvalue weighted by molar-refractivity contribution is -0.117. The first-order chi connectivity index (χ1) is 11.1. The molecule has 1 amide bonds. The largest absolute Gasteiger partial charge is 0.507 e. The van der Waals surface area contributed by atoms with E-state index in [1.54, 1.807) is 6.07 Å². The number of hydrogen-bond donors (Lipinski definition) is 2. The highest BCUT2D eigenvalue weighted by molar-refractivity contribution is 5.94. The molecule has 0 fully saturated rings. The number of aromatic hydroxyl groups is 1. The summed E-state index contributed by atoms with van der Waals surface area (Å²) in [5.74, 6) is -0.196. The van der Waals surface area contributed by atoms with Gasteiger partial charge in [0.15, 0.2) is 0 Å². The van der Waals surface area contributed by atoms with Gasteiger partial charge in [-0.2, -0.15) is 0 Å². The molecule has 1 heterocycles. The first-order valence-electron chi connectivity index (χ1n) is 7.70. The summed E-state index contributed by atoms with van der Waals surface area (Å²) in [5.41, 5.74) is 9.37. The van der Waals surface area contributed by atoms with Crippen molar-refractivity contribution in [2.45, 2.75) is 26.3 Å². The Morgan fingerprint density at radius 1 is 1.13 bits per heavy atom. The third-order valence-corrected chi connectivity index (χ3v) is 4.27. The molecule has 118 valence electrons. The molecule has 0 aliphatic heterocycles. The number of aryl methyl sites for hydroxylation is 2. The number of phenols is 1. The Kier molecular flexibility index (Phi) is 4.06. The molecule has 3 rings (SSSR count). The molecule has 23 heavy (non-hydrogen) atoms. The number of fused-ring (bicyclic) bond motifs is 1. The fraction of sp³-hybridized carbons (Fsp3) is 0.211. The third kappa shape index (κ3) is 2.93. The van der Waals surface area contributed by atoms with Crippen molar-refractivity contribution in [1.29, 1.82) is 0 Å². The number of nitrogens with zero attached hydrogens (tertiary/aromatic N) is 1. The van der Waals surface area contributed by atoms with E-state index in [2.05, 4.69) is 16.7 Å². The van der Waals surface area contributed by atoms with E-state index in [9.17, 15) is 9.90 Å². The van der Waals surface area contributed by atoms with Crippen molar-refractivity contribution < 1.29 is 9.90 Å². The van der Waals surface area contributed by atoms with E-state index in [-0.39, 0.29) is 12.2 Å². The normalized spacial score (nSPS) is 11.0. The molecule has 4 heteroatoms. The van der Waals surface area contributed by atoms with Crippen LogP contribution in [0.3, 0.4) is 0 Å². The molecule has 0 spiro atoms. The number of hydrogen-bond acceptors (Lipinski definition) is 2. The van der Waals surface area contributed by atoms with Crippen LogP contribution >= 0.6 is 0 Å². The van der Waals surface area contributed by atoms with Crippen LogP contribution in [0.1, 0.15) is 16.8 Å². The number of carbonyl (C=O) groups excluding carboxylic acids is 1. The summed E-state index contributed by atoms with van der Waals surface area (Å²) < 4.78 is 2.15. The molecule has 0 atom stereocenters. The van der Waals surface area contributed by atoms with Crippen LogP contribution in [0.5, 0.6) is 5.75 Å². The van der Waals surface area contributed by atoms with E-state index in [0.717, 1.165) is 35.1 Å². The van der Waals surface area contributed by atoms with Crippen molar-refractivity contribution in [1.82, 2.24) is 4.57 Å². The van der Waals surface area contributed by atoms with Crippen molar-refractivity contribution in [3.05, 3.63) is 65.4 Å². The minimum Gasteiger partial charge on any atom is -0.507 e. The average Bonchev–Trinajstić information content (AvgIpc) is 2.79. The van der Waals surface area contributed by atoms with E-state index in [1.807, 2.05) is 37.3 Å². The van der Waals surface area contributed by atoms with E-state index < -0.39 is 5.91 Å². The van der Waals surface area contributed by atoms with Gasteiger partial charge in [0.1, 0.15) is 5.75 Å². The summed E-state index contributed by atoms with van der Waals surface area (Å²) in [6.45, 7) is 2.76. The van der Waals surface area contributed by atoms with Crippen molar-refractivity contribution in [3.8, 4) is 5.75 Å². The molecule has 0 bridgehead atoms. The number of amides is 1. The van der Waals surface area contributed by atoms with E-state index in [0.29, 0.717) is 0 Å². The number of primary amides is 1. The second-order valence-corrected chi connectivity index (χ2v) is 5.77. The fourth-order valence-electron chi connectivity index (χ4n) is 3.15. The highest BCUT2D eigenvalue weighted by atomic mass is 16.3. The van der Waals surface area contributed by atoms with Crippen molar-refractivity contribution in [2.75, 3.05) is 0 Å². The summed E-state index contributed by atoms with van der Waals surface area (Å²) in [5, 5.41) is 11.0. The topological polar surface area (TPSA) is 68.2 Å². The summed E-state index contributed by atoms with van der Waals surface area (Å²) in [4.78, 5) is 11.4. The monoisotopic (exact) mass is 308 g/mol. The lowest BCUT2D eigenvalue weighted by Gasteiger charge is -2.09. The number of carbonyl (C=O) groups is 1. The number of nitrogens with two attached hydrogens (primary N) is 1. The Labute approximate surface area is 135 Å². The fourth-order valence-corrected chi connectivity index (χ4v) is 3.15. The van der Waals surface area contributed by atoms with Gasteiger partial charge in [-0.1, -0.05) is 36.4 Å². The molecule has 0 aliphatic carbocycles. The van der Waals surface area contributed by atoms with Gasteiger partial charge in [0.2, 0.25) is 5.91 Å². The molecule has 0 saturated carbocycles. The molecule has 2 aromatic carbocycles. The van der Waals surface area contributed by atoms with Crippen LogP contribution in [0.25, 0.3) is 10.9 Å².